The van der Waals surface area contributed by atoms with E-state index in [1.54, 1.807) is 6.08 Å². The third-order valence-electron chi connectivity index (χ3n) is 2.75. The fourth-order valence-electron chi connectivity index (χ4n) is 2.12. The Kier molecular flexibility index (Phi) is 3.31. The molecule has 0 saturated carbocycles. The average molecular weight is 274 g/mol. The van der Waals surface area contributed by atoms with Gasteiger partial charge in [-0.25, -0.2) is 8.42 Å². The zero-order valence-corrected chi connectivity index (χ0v) is 11.1. The maximum atomic E-state index is 11.6. The van der Waals surface area contributed by atoms with Crippen LogP contribution in [0.3, 0.4) is 0 Å². The molecule has 94 valence electrons. The molecular formula is C10H14N2O3S2. The summed E-state index contributed by atoms with van der Waals surface area (Å²) in [5, 5.41) is 0.625. The molecule has 2 aliphatic rings. The highest BCUT2D eigenvalue weighted by molar-refractivity contribution is 8.15. The van der Waals surface area contributed by atoms with Crippen molar-refractivity contribution in [3.63, 3.8) is 0 Å². The van der Waals surface area contributed by atoms with E-state index in [1.165, 1.54) is 18.7 Å². The predicted octanol–water partition coefficient (Wildman–Crippen LogP) is 0.289. The molecule has 0 aromatic heterocycles. The highest BCUT2D eigenvalue weighted by atomic mass is 32.2. The van der Waals surface area contributed by atoms with Crippen LogP contribution in [-0.2, 0) is 14.6 Å². The topological polar surface area (TPSA) is 66.8 Å². The van der Waals surface area contributed by atoms with Crippen molar-refractivity contribution in [2.24, 2.45) is 4.99 Å². The molecule has 7 heteroatoms. The lowest BCUT2D eigenvalue weighted by Crippen LogP contribution is -2.37. The smallest absolute Gasteiger partial charge is 0.244 e. The number of carbonyl (C=O) groups is 1. The maximum absolute atomic E-state index is 11.6. The molecule has 0 spiro atoms. The molecule has 2 aliphatic heterocycles. The second-order valence-electron chi connectivity index (χ2n) is 4.15. The van der Waals surface area contributed by atoms with Crippen LogP contribution >= 0.6 is 11.8 Å². The van der Waals surface area contributed by atoms with Crippen LogP contribution in [0.1, 0.15) is 6.92 Å². The molecule has 2 saturated heterocycles. The summed E-state index contributed by atoms with van der Waals surface area (Å²) in [6.07, 6.45) is 1.70. The van der Waals surface area contributed by atoms with E-state index in [9.17, 15) is 13.2 Å². The van der Waals surface area contributed by atoms with E-state index in [1.807, 2.05) is 4.90 Å². The summed E-state index contributed by atoms with van der Waals surface area (Å²) in [4.78, 5) is 16.8. The van der Waals surface area contributed by atoms with E-state index in [0.717, 1.165) is 0 Å². The molecular weight excluding hydrogens is 260 g/mol. The number of hydrogen-bond acceptors (Lipinski definition) is 4. The first-order valence-electron chi connectivity index (χ1n) is 5.27. The Morgan fingerprint density at radius 3 is 2.94 bits per heavy atom. The monoisotopic (exact) mass is 274 g/mol. The Morgan fingerprint density at radius 1 is 1.65 bits per heavy atom. The first-order valence-corrected chi connectivity index (χ1v) is 7.97. The number of nitrogens with zero attached hydrogens (tertiary/aromatic N) is 2. The van der Waals surface area contributed by atoms with Gasteiger partial charge in [-0.05, 0) is 0 Å². The lowest BCUT2D eigenvalue weighted by atomic mass is 10.2. The van der Waals surface area contributed by atoms with Gasteiger partial charge in [-0.15, -0.1) is 6.58 Å². The zero-order chi connectivity index (χ0) is 12.6. The zero-order valence-electron chi connectivity index (χ0n) is 9.50. The highest BCUT2D eigenvalue weighted by Gasteiger charge is 2.48. The normalized spacial score (nSPS) is 32.8. The Bertz CT molecular complexity index is 484. The van der Waals surface area contributed by atoms with E-state index >= 15 is 0 Å². The largest absolute Gasteiger partial charge is 0.342 e. The predicted molar refractivity (Wildman–Crippen MR) is 68.8 cm³/mol. The Hall–Kier alpha value is -0.820. The van der Waals surface area contributed by atoms with Crippen molar-refractivity contribution in [2.75, 3.05) is 18.1 Å². The van der Waals surface area contributed by atoms with Crippen LogP contribution in [0.25, 0.3) is 0 Å². The molecule has 0 aromatic rings. The van der Waals surface area contributed by atoms with Gasteiger partial charge in [0.05, 0.1) is 17.5 Å². The van der Waals surface area contributed by atoms with E-state index < -0.39 is 9.84 Å². The fraction of sp³-hybridized carbons (Fsp3) is 0.600. The molecule has 2 fully saturated rings. The highest BCUT2D eigenvalue weighted by Crippen LogP contribution is 2.37. The Morgan fingerprint density at radius 2 is 2.35 bits per heavy atom. The molecule has 1 amide bonds. The van der Waals surface area contributed by atoms with Crippen LogP contribution in [0.5, 0.6) is 0 Å². The standard InChI is InChI=1S/C10H14N2O3S2/c1-3-4-12-8-5-17(14,15)6-9(8)16-10(12)11-7(2)13/h3,8-9H,1,4-6H2,2H3/t8-,9+/m1/s1. The average Bonchev–Trinajstić information content (AvgIpc) is 2.61. The maximum Gasteiger partial charge on any atom is 0.244 e. The molecule has 17 heavy (non-hydrogen) atoms. The van der Waals surface area contributed by atoms with Crippen molar-refractivity contribution >= 4 is 32.7 Å². The SMILES string of the molecule is C=CCN1C(=NC(C)=O)S[C@H]2CS(=O)(=O)C[C@H]21. The summed E-state index contributed by atoms with van der Waals surface area (Å²) in [7, 11) is -2.95. The minimum atomic E-state index is -2.95. The van der Waals surface area contributed by atoms with Gasteiger partial charge in [0.2, 0.25) is 5.91 Å². The number of aliphatic imine (C=N–C) groups is 1. The van der Waals surface area contributed by atoms with Gasteiger partial charge >= 0.3 is 0 Å². The summed E-state index contributed by atoms with van der Waals surface area (Å²) in [5.41, 5.74) is 0. The fourth-order valence-corrected chi connectivity index (χ4v) is 6.13. The van der Waals surface area contributed by atoms with Crippen LogP contribution in [0.15, 0.2) is 17.6 Å². The second-order valence-corrected chi connectivity index (χ2v) is 7.52. The summed E-state index contributed by atoms with van der Waals surface area (Å²) in [5.74, 6) is 0.0619. The molecule has 2 heterocycles. The van der Waals surface area contributed by atoms with E-state index in [2.05, 4.69) is 11.6 Å². The molecule has 5 nitrogen and oxygen atoms in total. The molecule has 0 aliphatic carbocycles. The summed E-state index contributed by atoms with van der Waals surface area (Å²) >= 11 is 1.39. The van der Waals surface area contributed by atoms with Crippen molar-refractivity contribution in [1.29, 1.82) is 0 Å². The van der Waals surface area contributed by atoms with E-state index in [4.69, 9.17) is 0 Å². The van der Waals surface area contributed by atoms with Gasteiger partial charge in [0.1, 0.15) is 0 Å². The number of thioether (sulfide) groups is 1. The van der Waals surface area contributed by atoms with E-state index in [-0.39, 0.29) is 28.7 Å². The number of hydrogen-bond donors (Lipinski definition) is 0. The Labute approximate surface area is 105 Å². The lowest BCUT2D eigenvalue weighted by molar-refractivity contribution is -0.115. The molecule has 2 atom stereocenters. The number of amidine groups is 1. The van der Waals surface area contributed by atoms with Crippen molar-refractivity contribution in [3.8, 4) is 0 Å². The quantitative estimate of drug-likeness (QED) is 0.677. The molecule has 0 bridgehead atoms. The third kappa shape index (κ3) is 2.55. The molecule has 2 rings (SSSR count). The van der Waals surface area contributed by atoms with Gasteiger partial charge in [0.15, 0.2) is 15.0 Å². The van der Waals surface area contributed by atoms with Gasteiger partial charge in [-0.1, -0.05) is 17.8 Å². The summed E-state index contributed by atoms with van der Waals surface area (Å²) in [6.45, 7) is 5.56. The van der Waals surface area contributed by atoms with Crippen LogP contribution < -0.4 is 0 Å². The Balaban J connectivity index is 2.27. The minimum absolute atomic E-state index is 0.00181. The number of sulfone groups is 1. The van der Waals surface area contributed by atoms with Gasteiger partial charge in [0.25, 0.3) is 0 Å². The van der Waals surface area contributed by atoms with Crippen molar-refractivity contribution in [3.05, 3.63) is 12.7 Å². The number of fused-ring (bicyclic) bond motifs is 1. The summed E-state index contributed by atoms with van der Waals surface area (Å²) < 4.78 is 23.1. The number of rotatable bonds is 2. The minimum Gasteiger partial charge on any atom is -0.342 e. The van der Waals surface area contributed by atoms with Gasteiger partial charge in [-0.2, -0.15) is 4.99 Å². The first kappa shape index (κ1) is 12.6. The molecule has 0 radical (unpaired) electrons. The van der Waals surface area contributed by atoms with Crippen LogP contribution in [0.4, 0.5) is 0 Å². The number of amides is 1. The molecule has 0 unspecified atom stereocenters. The lowest BCUT2D eigenvalue weighted by Gasteiger charge is -2.22. The second kappa shape index (κ2) is 4.45. The first-order chi connectivity index (χ1) is 7.93. The van der Waals surface area contributed by atoms with Crippen molar-refractivity contribution in [1.82, 2.24) is 4.90 Å². The van der Waals surface area contributed by atoms with E-state index in [0.29, 0.717) is 11.7 Å². The number of carbonyl (C=O) groups excluding carboxylic acids is 1. The van der Waals surface area contributed by atoms with Crippen LogP contribution in [0, 0.1) is 0 Å². The third-order valence-corrected chi connectivity index (χ3v) is 6.00. The van der Waals surface area contributed by atoms with Crippen molar-refractivity contribution < 1.29 is 13.2 Å². The summed E-state index contributed by atoms with van der Waals surface area (Å²) in [6, 6.07) is -0.0684. The van der Waals surface area contributed by atoms with Gasteiger partial charge < -0.3 is 4.90 Å². The van der Waals surface area contributed by atoms with Crippen molar-refractivity contribution in [2.45, 2.75) is 18.2 Å². The van der Waals surface area contributed by atoms with Gasteiger partial charge in [0, 0.05) is 18.7 Å². The van der Waals surface area contributed by atoms with Crippen LogP contribution in [-0.4, -0.2) is 53.7 Å². The van der Waals surface area contributed by atoms with Crippen LogP contribution in [0.2, 0.25) is 0 Å². The molecule has 0 aromatic carbocycles. The van der Waals surface area contributed by atoms with Gasteiger partial charge in [-0.3, -0.25) is 4.79 Å². The molecule has 0 N–H and O–H groups in total.